The van der Waals surface area contributed by atoms with Crippen LogP contribution < -0.4 is 4.74 Å². The first kappa shape index (κ1) is 13.0. The highest BCUT2D eigenvalue weighted by molar-refractivity contribution is 9.10. The summed E-state index contributed by atoms with van der Waals surface area (Å²) in [5.74, 6) is 0.360. The molecule has 0 bridgehead atoms. The smallest absolute Gasteiger partial charge is 0.246 e. The van der Waals surface area contributed by atoms with Crippen molar-refractivity contribution < 1.29 is 9.13 Å². The van der Waals surface area contributed by atoms with Crippen molar-refractivity contribution in [2.75, 3.05) is 0 Å². The summed E-state index contributed by atoms with van der Waals surface area (Å²) in [7, 11) is 0. The summed E-state index contributed by atoms with van der Waals surface area (Å²) in [6, 6.07) is 11.9. The van der Waals surface area contributed by atoms with E-state index >= 15 is 0 Å². The zero-order valence-corrected chi connectivity index (χ0v) is 12.2. The van der Waals surface area contributed by atoms with Gasteiger partial charge in [-0.1, -0.05) is 18.2 Å². The molecule has 1 heterocycles. The predicted octanol–water partition coefficient (Wildman–Crippen LogP) is 4.63. The second kappa shape index (κ2) is 5.17. The Labute approximate surface area is 123 Å². The Morgan fingerprint density at radius 3 is 2.60 bits per heavy atom. The van der Waals surface area contributed by atoms with Gasteiger partial charge >= 0.3 is 0 Å². The van der Waals surface area contributed by atoms with Gasteiger partial charge in [0.1, 0.15) is 11.6 Å². The molecule has 0 amide bonds. The van der Waals surface area contributed by atoms with Crippen LogP contribution in [0.2, 0.25) is 0 Å². The summed E-state index contributed by atoms with van der Waals surface area (Å²) < 4.78 is 19.6. The van der Waals surface area contributed by atoms with Crippen LogP contribution in [0.5, 0.6) is 11.6 Å². The number of rotatable bonds is 2. The lowest BCUT2D eigenvalue weighted by Gasteiger charge is -2.09. The molecule has 3 nitrogen and oxygen atoms in total. The Bertz CT molecular complexity index is 792. The maximum atomic E-state index is 13.3. The number of aromatic nitrogens is 2. The van der Waals surface area contributed by atoms with E-state index in [2.05, 4.69) is 26.1 Å². The highest BCUT2D eigenvalue weighted by Crippen LogP contribution is 2.33. The number of nitrogens with zero attached hydrogens (tertiary/aromatic N) is 2. The van der Waals surface area contributed by atoms with Crippen LogP contribution in [0.4, 0.5) is 4.39 Å². The van der Waals surface area contributed by atoms with Gasteiger partial charge in [0.05, 0.1) is 10.2 Å². The van der Waals surface area contributed by atoms with Gasteiger partial charge in [-0.3, -0.25) is 0 Å². The topological polar surface area (TPSA) is 35.0 Å². The highest BCUT2D eigenvalue weighted by Gasteiger charge is 2.10. The third kappa shape index (κ3) is 2.36. The van der Waals surface area contributed by atoms with E-state index in [-0.39, 0.29) is 5.82 Å². The summed E-state index contributed by atoms with van der Waals surface area (Å²) in [6.07, 6.45) is 0. The fourth-order valence-corrected chi connectivity index (χ4v) is 2.28. The quantitative estimate of drug-likeness (QED) is 0.686. The van der Waals surface area contributed by atoms with Gasteiger partial charge in [0.15, 0.2) is 0 Å². The molecular weight excluding hydrogens is 323 g/mol. The molecule has 0 saturated carbocycles. The number of hydrogen-bond donors (Lipinski definition) is 0. The Morgan fingerprint density at radius 1 is 1.05 bits per heavy atom. The minimum atomic E-state index is -0.368. The van der Waals surface area contributed by atoms with Gasteiger partial charge in [0.2, 0.25) is 5.88 Å². The number of fused-ring (bicyclic) bond motifs is 1. The molecule has 0 spiro atoms. The van der Waals surface area contributed by atoms with E-state index in [4.69, 9.17) is 4.74 Å². The SMILES string of the molecule is Cc1nnc(Oc2cc(F)ccc2Br)c2ccccc12. The number of aryl methyl sites for hydroxylation is 1. The minimum Gasteiger partial charge on any atom is -0.436 e. The maximum Gasteiger partial charge on any atom is 0.246 e. The number of hydrogen-bond acceptors (Lipinski definition) is 3. The standard InChI is InChI=1S/C15H10BrFN2O/c1-9-11-4-2-3-5-12(11)15(19-18-9)20-14-8-10(17)6-7-13(14)16/h2-8H,1H3. The van der Waals surface area contributed by atoms with Gasteiger partial charge in [0, 0.05) is 16.8 Å². The first-order valence-electron chi connectivity index (χ1n) is 6.00. The third-order valence-electron chi connectivity index (χ3n) is 2.94. The third-order valence-corrected chi connectivity index (χ3v) is 3.59. The number of halogens is 2. The molecule has 0 radical (unpaired) electrons. The number of ether oxygens (including phenoxy) is 1. The fourth-order valence-electron chi connectivity index (χ4n) is 1.95. The molecule has 0 atom stereocenters. The Hall–Kier alpha value is -2.01. The normalized spacial score (nSPS) is 10.8. The van der Waals surface area contributed by atoms with Crippen molar-refractivity contribution in [1.82, 2.24) is 10.2 Å². The van der Waals surface area contributed by atoms with Gasteiger partial charge in [0.25, 0.3) is 0 Å². The van der Waals surface area contributed by atoms with Crippen LogP contribution in [0.25, 0.3) is 10.8 Å². The molecular formula is C15H10BrFN2O. The molecule has 1 aromatic heterocycles. The highest BCUT2D eigenvalue weighted by atomic mass is 79.9. The van der Waals surface area contributed by atoms with Crippen molar-refractivity contribution in [1.29, 1.82) is 0 Å². The van der Waals surface area contributed by atoms with E-state index < -0.39 is 0 Å². The molecule has 0 aliphatic carbocycles. The van der Waals surface area contributed by atoms with Gasteiger partial charge in [-0.05, 0) is 41.1 Å². The van der Waals surface area contributed by atoms with Crippen LogP contribution in [-0.2, 0) is 0 Å². The molecule has 0 aliphatic heterocycles. The van der Waals surface area contributed by atoms with E-state index in [0.29, 0.717) is 16.1 Å². The summed E-state index contributed by atoms with van der Waals surface area (Å²) in [5, 5.41) is 9.94. The molecule has 0 saturated heterocycles. The lowest BCUT2D eigenvalue weighted by Crippen LogP contribution is -1.96. The molecule has 3 aromatic rings. The van der Waals surface area contributed by atoms with Crippen molar-refractivity contribution >= 4 is 26.7 Å². The van der Waals surface area contributed by atoms with E-state index in [1.807, 2.05) is 31.2 Å². The average molecular weight is 333 g/mol. The van der Waals surface area contributed by atoms with Crippen molar-refractivity contribution in [2.45, 2.75) is 6.92 Å². The number of benzene rings is 2. The van der Waals surface area contributed by atoms with Crippen LogP contribution in [0, 0.1) is 12.7 Å². The molecule has 3 rings (SSSR count). The lowest BCUT2D eigenvalue weighted by atomic mass is 10.1. The molecule has 100 valence electrons. The van der Waals surface area contributed by atoms with Crippen LogP contribution in [-0.4, -0.2) is 10.2 Å². The van der Waals surface area contributed by atoms with Crippen LogP contribution in [0.3, 0.4) is 0 Å². The predicted molar refractivity (Wildman–Crippen MR) is 78.4 cm³/mol. The molecule has 0 fully saturated rings. The lowest BCUT2D eigenvalue weighted by molar-refractivity contribution is 0.454. The fraction of sp³-hybridized carbons (Fsp3) is 0.0667. The van der Waals surface area contributed by atoms with E-state index in [0.717, 1.165) is 16.5 Å². The Kier molecular flexibility index (Phi) is 3.36. The van der Waals surface area contributed by atoms with Crippen molar-refractivity contribution in [2.24, 2.45) is 0 Å². The second-order valence-corrected chi connectivity index (χ2v) is 5.17. The Morgan fingerprint density at radius 2 is 1.80 bits per heavy atom. The van der Waals surface area contributed by atoms with Gasteiger partial charge in [-0.25, -0.2) is 4.39 Å². The first-order valence-corrected chi connectivity index (χ1v) is 6.79. The van der Waals surface area contributed by atoms with E-state index in [1.165, 1.54) is 12.1 Å². The summed E-state index contributed by atoms with van der Waals surface area (Å²) >= 11 is 3.33. The first-order chi connectivity index (χ1) is 9.65. The van der Waals surface area contributed by atoms with Gasteiger partial charge in [-0.2, -0.15) is 5.10 Å². The van der Waals surface area contributed by atoms with Crippen molar-refractivity contribution in [3.63, 3.8) is 0 Å². The molecule has 2 aromatic carbocycles. The molecule has 20 heavy (non-hydrogen) atoms. The molecule has 0 N–H and O–H groups in total. The van der Waals surface area contributed by atoms with Gasteiger partial charge < -0.3 is 4.74 Å². The largest absolute Gasteiger partial charge is 0.436 e. The zero-order valence-electron chi connectivity index (χ0n) is 10.6. The molecule has 5 heteroatoms. The van der Waals surface area contributed by atoms with Crippen LogP contribution >= 0.6 is 15.9 Å². The van der Waals surface area contributed by atoms with Gasteiger partial charge in [-0.15, -0.1) is 5.10 Å². The molecule has 0 aliphatic rings. The zero-order chi connectivity index (χ0) is 14.1. The van der Waals surface area contributed by atoms with Crippen molar-refractivity contribution in [3.05, 3.63) is 58.4 Å². The second-order valence-electron chi connectivity index (χ2n) is 4.31. The van der Waals surface area contributed by atoms with Crippen LogP contribution in [0.15, 0.2) is 46.9 Å². The monoisotopic (exact) mass is 332 g/mol. The molecule has 0 unspecified atom stereocenters. The minimum absolute atomic E-state index is 0.359. The summed E-state index contributed by atoms with van der Waals surface area (Å²) in [6.45, 7) is 1.89. The maximum absolute atomic E-state index is 13.3. The summed E-state index contributed by atoms with van der Waals surface area (Å²) in [5.41, 5.74) is 0.825. The Balaban J connectivity index is 2.11. The van der Waals surface area contributed by atoms with E-state index in [9.17, 15) is 4.39 Å². The summed E-state index contributed by atoms with van der Waals surface area (Å²) in [4.78, 5) is 0. The average Bonchev–Trinajstić information content (AvgIpc) is 2.46. The van der Waals surface area contributed by atoms with Crippen LogP contribution in [0.1, 0.15) is 5.69 Å². The van der Waals surface area contributed by atoms with Crippen molar-refractivity contribution in [3.8, 4) is 11.6 Å². The van der Waals surface area contributed by atoms with E-state index in [1.54, 1.807) is 6.07 Å².